The zero-order valence-corrected chi connectivity index (χ0v) is 16.3. The number of aromatic nitrogens is 1. The molecule has 150 valence electrons. The number of benzene rings is 1. The molecule has 0 saturated heterocycles. The number of carboxylic acid groups (broad SMARTS) is 1. The molecule has 7 nitrogen and oxygen atoms in total. The number of nitrogens with one attached hydrogen (secondary N) is 1. The van der Waals surface area contributed by atoms with E-state index < -0.39 is 17.9 Å². The number of carboxylic acids is 1. The van der Waals surface area contributed by atoms with Crippen LogP contribution in [0.4, 0.5) is 0 Å². The summed E-state index contributed by atoms with van der Waals surface area (Å²) in [5.41, 5.74) is 8.18. The minimum absolute atomic E-state index is 0.00164. The second-order valence-corrected chi connectivity index (χ2v) is 6.88. The summed E-state index contributed by atoms with van der Waals surface area (Å²) in [6.45, 7) is 2.44. The number of carbonyl (C=O) groups is 3. The van der Waals surface area contributed by atoms with Gasteiger partial charge in [0.05, 0.1) is 12.1 Å². The van der Waals surface area contributed by atoms with Crippen LogP contribution in [0.3, 0.4) is 0 Å². The van der Waals surface area contributed by atoms with Crippen molar-refractivity contribution in [1.29, 1.82) is 0 Å². The SMILES string of the molecule is Cc1ccc(C(=O)c2ccc(CC(=O)NC(CCCCN)C(=O)O)n2C)cc1. The van der Waals surface area contributed by atoms with Crippen LogP contribution in [0.5, 0.6) is 0 Å². The van der Waals surface area contributed by atoms with Crippen molar-refractivity contribution in [3.05, 3.63) is 58.9 Å². The molecule has 0 aliphatic heterocycles. The van der Waals surface area contributed by atoms with E-state index in [1.165, 1.54) is 0 Å². The Morgan fingerprint density at radius 2 is 1.79 bits per heavy atom. The van der Waals surface area contributed by atoms with Crippen LogP contribution >= 0.6 is 0 Å². The number of nitrogens with two attached hydrogens (primary N) is 1. The molecule has 1 amide bonds. The highest BCUT2D eigenvalue weighted by Crippen LogP contribution is 2.15. The lowest BCUT2D eigenvalue weighted by molar-refractivity contribution is -0.142. The normalized spacial score (nSPS) is 11.8. The fourth-order valence-corrected chi connectivity index (χ4v) is 2.97. The molecule has 0 spiro atoms. The van der Waals surface area contributed by atoms with E-state index in [-0.39, 0.29) is 12.2 Å². The fourth-order valence-electron chi connectivity index (χ4n) is 2.97. The van der Waals surface area contributed by atoms with Crippen LogP contribution in [0.25, 0.3) is 0 Å². The number of hydrogen-bond acceptors (Lipinski definition) is 4. The van der Waals surface area contributed by atoms with Crippen LogP contribution in [0.1, 0.15) is 46.6 Å². The molecule has 0 radical (unpaired) electrons. The van der Waals surface area contributed by atoms with Gasteiger partial charge in [0.1, 0.15) is 6.04 Å². The first kappa shape index (κ1) is 21.4. The number of aryl methyl sites for hydroxylation is 1. The summed E-state index contributed by atoms with van der Waals surface area (Å²) < 4.78 is 1.67. The maximum atomic E-state index is 12.7. The lowest BCUT2D eigenvalue weighted by atomic mass is 10.1. The van der Waals surface area contributed by atoms with Crippen LogP contribution in [0.15, 0.2) is 36.4 Å². The van der Waals surface area contributed by atoms with Gasteiger partial charge in [-0.1, -0.05) is 29.8 Å². The molecule has 1 unspecified atom stereocenters. The van der Waals surface area contributed by atoms with Gasteiger partial charge < -0.3 is 20.7 Å². The van der Waals surface area contributed by atoms with E-state index in [4.69, 9.17) is 5.73 Å². The van der Waals surface area contributed by atoms with Gasteiger partial charge in [-0.15, -0.1) is 0 Å². The summed E-state index contributed by atoms with van der Waals surface area (Å²) in [4.78, 5) is 36.3. The van der Waals surface area contributed by atoms with Crippen LogP contribution < -0.4 is 11.1 Å². The van der Waals surface area contributed by atoms with E-state index in [2.05, 4.69) is 5.32 Å². The highest BCUT2D eigenvalue weighted by molar-refractivity contribution is 6.08. The van der Waals surface area contributed by atoms with Crippen LogP contribution in [0.2, 0.25) is 0 Å². The largest absolute Gasteiger partial charge is 0.480 e. The van der Waals surface area contributed by atoms with Gasteiger partial charge in [0.15, 0.2) is 0 Å². The molecule has 0 aliphatic rings. The minimum atomic E-state index is -1.06. The standard InChI is InChI=1S/C21H27N3O4/c1-14-6-8-15(9-7-14)20(26)18-11-10-16(24(18)2)13-19(25)23-17(21(27)28)5-3-4-12-22/h6-11,17H,3-5,12-13,22H2,1-2H3,(H,23,25)(H,27,28). The fraction of sp³-hybridized carbons (Fsp3) is 0.381. The summed E-state index contributed by atoms with van der Waals surface area (Å²) in [5, 5.41) is 11.8. The van der Waals surface area contributed by atoms with Crippen molar-refractivity contribution in [3.63, 3.8) is 0 Å². The number of unbranched alkanes of at least 4 members (excludes halogenated alkanes) is 1. The van der Waals surface area contributed by atoms with E-state index in [9.17, 15) is 19.5 Å². The molecule has 1 aromatic carbocycles. The van der Waals surface area contributed by atoms with Gasteiger partial charge in [0.2, 0.25) is 11.7 Å². The number of amides is 1. The molecular formula is C21H27N3O4. The third-order valence-corrected chi connectivity index (χ3v) is 4.69. The molecule has 4 N–H and O–H groups in total. The zero-order valence-electron chi connectivity index (χ0n) is 16.3. The molecule has 0 aliphatic carbocycles. The van der Waals surface area contributed by atoms with Crippen molar-refractivity contribution < 1.29 is 19.5 Å². The number of rotatable bonds is 10. The van der Waals surface area contributed by atoms with Gasteiger partial charge in [-0.25, -0.2) is 4.79 Å². The Kier molecular flexibility index (Phi) is 7.52. The number of aliphatic carboxylic acids is 1. The summed E-state index contributed by atoms with van der Waals surface area (Å²) in [5.74, 6) is -1.58. The van der Waals surface area contributed by atoms with Crippen LogP contribution in [-0.2, 0) is 23.1 Å². The molecule has 7 heteroatoms. The Morgan fingerprint density at radius 1 is 1.11 bits per heavy atom. The van der Waals surface area contributed by atoms with E-state index in [1.54, 1.807) is 35.9 Å². The van der Waals surface area contributed by atoms with Gasteiger partial charge in [0.25, 0.3) is 0 Å². The minimum Gasteiger partial charge on any atom is -0.480 e. The molecule has 2 rings (SSSR count). The van der Waals surface area contributed by atoms with E-state index in [1.807, 2.05) is 19.1 Å². The molecule has 0 bridgehead atoms. The average Bonchev–Trinajstić information content (AvgIpc) is 3.01. The molecule has 28 heavy (non-hydrogen) atoms. The first-order chi connectivity index (χ1) is 13.3. The third kappa shape index (κ3) is 5.53. The Balaban J connectivity index is 2.04. The van der Waals surface area contributed by atoms with Crippen molar-refractivity contribution in [3.8, 4) is 0 Å². The maximum absolute atomic E-state index is 12.7. The smallest absolute Gasteiger partial charge is 0.326 e. The molecule has 1 atom stereocenters. The van der Waals surface area contributed by atoms with Gasteiger partial charge in [0, 0.05) is 18.3 Å². The molecule has 1 heterocycles. The average molecular weight is 385 g/mol. The number of carbonyl (C=O) groups excluding carboxylic acids is 2. The van der Waals surface area contributed by atoms with Gasteiger partial charge in [-0.3, -0.25) is 9.59 Å². The second-order valence-electron chi connectivity index (χ2n) is 6.88. The maximum Gasteiger partial charge on any atom is 0.326 e. The summed E-state index contributed by atoms with van der Waals surface area (Å²) in [7, 11) is 1.72. The van der Waals surface area contributed by atoms with Gasteiger partial charge >= 0.3 is 5.97 Å². The van der Waals surface area contributed by atoms with Crippen LogP contribution in [0, 0.1) is 6.92 Å². The van der Waals surface area contributed by atoms with Crippen molar-refractivity contribution >= 4 is 17.7 Å². The van der Waals surface area contributed by atoms with Crippen molar-refractivity contribution in [2.45, 2.75) is 38.6 Å². The molecule has 2 aromatic rings. The predicted octanol–water partition coefficient (Wildman–Crippen LogP) is 1.81. The molecular weight excluding hydrogens is 358 g/mol. The third-order valence-electron chi connectivity index (χ3n) is 4.69. The van der Waals surface area contributed by atoms with Crippen molar-refractivity contribution in [1.82, 2.24) is 9.88 Å². The lowest BCUT2D eigenvalue weighted by Gasteiger charge is -2.15. The molecule has 1 aromatic heterocycles. The first-order valence-electron chi connectivity index (χ1n) is 9.31. The molecule has 0 saturated carbocycles. The Labute approximate surface area is 164 Å². The summed E-state index contributed by atoms with van der Waals surface area (Å²) in [6, 6.07) is 9.76. The highest BCUT2D eigenvalue weighted by atomic mass is 16.4. The first-order valence-corrected chi connectivity index (χ1v) is 9.31. The zero-order chi connectivity index (χ0) is 20.7. The Hall–Kier alpha value is -2.93. The number of nitrogens with zero attached hydrogens (tertiary/aromatic N) is 1. The Morgan fingerprint density at radius 3 is 2.39 bits per heavy atom. The van der Waals surface area contributed by atoms with Crippen LogP contribution in [-0.4, -0.2) is 39.9 Å². The summed E-state index contributed by atoms with van der Waals surface area (Å²) in [6.07, 6.45) is 1.68. The van der Waals surface area contributed by atoms with Gasteiger partial charge in [-0.2, -0.15) is 0 Å². The monoisotopic (exact) mass is 385 g/mol. The van der Waals surface area contributed by atoms with E-state index in [0.717, 1.165) is 5.56 Å². The van der Waals surface area contributed by atoms with E-state index in [0.29, 0.717) is 42.8 Å². The molecule has 0 fully saturated rings. The van der Waals surface area contributed by atoms with Crippen molar-refractivity contribution in [2.24, 2.45) is 12.8 Å². The van der Waals surface area contributed by atoms with Gasteiger partial charge in [-0.05, 0) is 44.9 Å². The number of ketones is 1. The van der Waals surface area contributed by atoms with E-state index >= 15 is 0 Å². The topological polar surface area (TPSA) is 114 Å². The highest BCUT2D eigenvalue weighted by Gasteiger charge is 2.21. The predicted molar refractivity (Wildman–Crippen MR) is 106 cm³/mol. The quantitative estimate of drug-likeness (QED) is 0.426. The van der Waals surface area contributed by atoms with Crippen molar-refractivity contribution in [2.75, 3.05) is 6.54 Å². The summed E-state index contributed by atoms with van der Waals surface area (Å²) >= 11 is 0. The number of hydrogen-bond donors (Lipinski definition) is 3. The lowest BCUT2D eigenvalue weighted by Crippen LogP contribution is -2.41. The second kappa shape index (κ2) is 9.85. The Bertz CT molecular complexity index is 840.